The molecule has 4 nitrogen and oxygen atoms in total. The van der Waals surface area contributed by atoms with Crippen LogP contribution in [0.3, 0.4) is 0 Å². The molecule has 76 valence electrons. The molecule has 0 aromatic heterocycles. The van der Waals surface area contributed by atoms with E-state index in [1.165, 1.54) is 0 Å². The van der Waals surface area contributed by atoms with Crippen molar-refractivity contribution in [3.05, 3.63) is 11.8 Å². The van der Waals surface area contributed by atoms with Crippen LogP contribution in [0.15, 0.2) is 11.8 Å². The van der Waals surface area contributed by atoms with E-state index in [1.807, 2.05) is 6.92 Å². The standard InChI is InChI=1S/C9H16O4/c1-6(13-5-10)7-3-4-8(11)9(7)12-2/h4,6-7,9-11H,3,5H2,1-2H3/t6-,7-,9?/m1/s1. The third-order valence-electron chi connectivity index (χ3n) is 2.47. The summed E-state index contributed by atoms with van der Waals surface area (Å²) in [6.07, 6.45) is 2.05. The van der Waals surface area contributed by atoms with Crippen LogP contribution >= 0.6 is 0 Å². The van der Waals surface area contributed by atoms with Crippen LogP contribution in [-0.4, -0.2) is 36.3 Å². The summed E-state index contributed by atoms with van der Waals surface area (Å²) in [7, 11) is 1.55. The Balaban J connectivity index is 2.52. The lowest BCUT2D eigenvalue weighted by Crippen LogP contribution is -2.31. The van der Waals surface area contributed by atoms with Crippen molar-refractivity contribution in [1.29, 1.82) is 0 Å². The molecule has 13 heavy (non-hydrogen) atoms. The normalized spacial score (nSPS) is 30.2. The first-order chi connectivity index (χ1) is 6.20. The molecule has 1 rings (SSSR count). The van der Waals surface area contributed by atoms with Gasteiger partial charge in [-0.15, -0.1) is 0 Å². The highest BCUT2D eigenvalue weighted by Crippen LogP contribution is 2.30. The monoisotopic (exact) mass is 188 g/mol. The number of methoxy groups -OCH3 is 1. The Labute approximate surface area is 77.8 Å². The van der Waals surface area contributed by atoms with Gasteiger partial charge in [-0.05, 0) is 19.4 Å². The lowest BCUT2D eigenvalue weighted by atomic mass is 9.98. The third kappa shape index (κ3) is 2.21. The highest BCUT2D eigenvalue weighted by Gasteiger charge is 2.34. The van der Waals surface area contributed by atoms with E-state index in [9.17, 15) is 5.11 Å². The van der Waals surface area contributed by atoms with Crippen molar-refractivity contribution < 1.29 is 19.7 Å². The number of allylic oxidation sites excluding steroid dienone is 1. The van der Waals surface area contributed by atoms with Crippen molar-refractivity contribution in [2.75, 3.05) is 13.9 Å². The van der Waals surface area contributed by atoms with E-state index < -0.39 is 0 Å². The Bertz CT molecular complexity index is 190. The van der Waals surface area contributed by atoms with Gasteiger partial charge in [-0.2, -0.15) is 0 Å². The van der Waals surface area contributed by atoms with Gasteiger partial charge < -0.3 is 19.7 Å². The molecule has 0 fully saturated rings. The van der Waals surface area contributed by atoms with Gasteiger partial charge in [-0.1, -0.05) is 0 Å². The van der Waals surface area contributed by atoms with Crippen molar-refractivity contribution in [2.24, 2.45) is 5.92 Å². The highest BCUT2D eigenvalue weighted by molar-refractivity contribution is 5.10. The fraction of sp³-hybridized carbons (Fsp3) is 0.778. The number of aliphatic hydroxyl groups excluding tert-OH is 2. The van der Waals surface area contributed by atoms with Crippen LogP contribution in [0, 0.1) is 5.92 Å². The molecular weight excluding hydrogens is 172 g/mol. The van der Waals surface area contributed by atoms with Crippen LogP contribution in [-0.2, 0) is 9.47 Å². The number of ether oxygens (including phenoxy) is 2. The summed E-state index contributed by atoms with van der Waals surface area (Å²) in [5.74, 6) is 0.359. The summed E-state index contributed by atoms with van der Waals surface area (Å²) in [4.78, 5) is 0. The molecule has 4 heteroatoms. The van der Waals surface area contributed by atoms with Gasteiger partial charge in [-0.25, -0.2) is 0 Å². The zero-order chi connectivity index (χ0) is 9.84. The zero-order valence-electron chi connectivity index (χ0n) is 7.93. The minimum Gasteiger partial charge on any atom is -0.510 e. The minimum atomic E-state index is -0.297. The first-order valence-electron chi connectivity index (χ1n) is 4.35. The highest BCUT2D eigenvalue weighted by atomic mass is 16.6. The molecule has 0 aromatic carbocycles. The molecule has 1 unspecified atom stereocenters. The summed E-state index contributed by atoms with van der Waals surface area (Å²) in [5.41, 5.74) is 0. The summed E-state index contributed by atoms with van der Waals surface area (Å²) >= 11 is 0. The molecular formula is C9H16O4. The Kier molecular flexibility index (Phi) is 3.71. The van der Waals surface area contributed by atoms with Gasteiger partial charge >= 0.3 is 0 Å². The van der Waals surface area contributed by atoms with E-state index in [2.05, 4.69) is 0 Å². The van der Waals surface area contributed by atoms with E-state index in [1.54, 1.807) is 13.2 Å². The second kappa shape index (κ2) is 4.60. The van der Waals surface area contributed by atoms with Gasteiger partial charge in [0.1, 0.15) is 18.7 Å². The fourth-order valence-corrected chi connectivity index (χ4v) is 1.69. The van der Waals surface area contributed by atoms with Crippen molar-refractivity contribution in [3.8, 4) is 0 Å². The predicted octanol–water partition coefficient (Wildman–Crippen LogP) is 0.818. The average Bonchev–Trinajstić information content (AvgIpc) is 2.47. The predicted molar refractivity (Wildman–Crippen MR) is 47.2 cm³/mol. The molecule has 0 bridgehead atoms. The Hall–Kier alpha value is -0.580. The van der Waals surface area contributed by atoms with Crippen molar-refractivity contribution >= 4 is 0 Å². The molecule has 0 radical (unpaired) electrons. The molecule has 0 aromatic rings. The molecule has 0 saturated carbocycles. The smallest absolute Gasteiger partial charge is 0.143 e. The largest absolute Gasteiger partial charge is 0.510 e. The van der Waals surface area contributed by atoms with Crippen LogP contribution in [0.1, 0.15) is 13.3 Å². The molecule has 0 amide bonds. The minimum absolute atomic E-state index is 0.0946. The van der Waals surface area contributed by atoms with Gasteiger partial charge in [-0.3, -0.25) is 0 Å². The molecule has 0 spiro atoms. The van der Waals surface area contributed by atoms with E-state index in [-0.39, 0.29) is 30.7 Å². The van der Waals surface area contributed by atoms with Crippen LogP contribution < -0.4 is 0 Å². The van der Waals surface area contributed by atoms with Gasteiger partial charge in [0.2, 0.25) is 0 Å². The van der Waals surface area contributed by atoms with E-state index in [4.69, 9.17) is 14.6 Å². The molecule has 0 aliphatic heterocycles. The van der Waals surface area contributed by atoms with Gasteiger partial charge in [0.15, 0.2) is 0 Å². The molecule has 1 aliphatic rings. The fourth-order valence-electron chi connectivity index (χ4n) is 1.69. The summed E-state index contributed by atoms with van der Waals surface area (Å²) in [6, 6.07) is 0. The number of hydrogen-bond donors (Lipinski definition) is 2. The lowest BCUT2D eigenvalue weighted by Gasteiger charge is -2.24. The van der Waals surface area contributed by atoms with Crippen LogP contribution in [0.4, 0.5) is 0 Å². The Morgan fingerprint density at radius 1 is 1.69 bits per heavy atom. The Morgan fingerprint density at radius 2 is 2.38 bits per heavy atom. The Morgan fingerprint density at radius 3 is 2.92 bits per heavy atom. The van der Waals surface area contributed by atoms with Gasteiger partial charge in [0, 0.05) is 13.0 Å². The maximum atomic E-state index is 9.39. The van der Waals surface area contributed by atoms with E-state index in [0.717, 1.165) is 6.42 Å². The van der Waals surface area contributed by atoms with E-state index in [0.29, 0.717) is 0 Å². The lowest BCUT2D eigenvalue weighted by molar-refractivity contribution is -0.0878. The topological polar surface area (TPSA) is 58.9 Å². The van der Waals surface area contributed by atoms with Gasteiger partial charge in [0.05, 0.1) is 6.10 Å². The van der Waals surface area contributed by atoms with Crippen LogP contribution in [0.2, 0.25) is 0 Å². The molecule has 0 saturated heterocycles. The van der Waals surface area contributed by atoms with E-state index >= 15 is 0 Å². The second-order valence-electron chi connectivity index (χ2n) is 3.19. The quantitative estimate of drug-likeness (QED) is 0.641. The molecule has 3 atom stereocenters. The maximum Gasteiger partial charge on any atom is 0.143 e. The van der Waals surface area contributed by atoms with Crippen molar-refractivity contribution in [3.63, 3.8) is 0 Å². The first kappa shape index (κ1) is 10.5. The number of hydrogen-bond acceptors (Lipinski definition) is 4. The van der Waals surface area contributed by atoms with Crippen molar-refractivity contribution in [1.82, 2.24) is 0 Å². The van der Waals surface area contributed by atoms with Crippen LogP contribution in [0.25, 0.3) is 0 Å². The number of aliphatic hydroxyl groups is 2. The van der Waals surface area contributed by atoms with Crippen LogP contribution in [0.5, 0.6) is 0 Å². The number of rotatable bonds is 4. The molecule has 1 aliphatic carbocycles. The first-order valence-corrected chi connectivity index (χ1v) is 4.35. The molecule has 0 heterocycles. The average molecular weight is 188 g/mol. The SMILES string of the molecule is COC1C(O)=CC[C@@H]1[C@@H](C)OCO. The summed E-state index contributed by atoms with van der Waals surface area (Å²) in [5, 5.41) is 18.0. The maximum absolute atomic E-state index is 9.39. The molecule has 2 N–H and O–H groups in total. The third-order valence-corrected chi connectivity index (χ3v) is 2.47. The summed E-state index contributed by atoms with van der Waals surface area (Å²) in [6.45, 7) is 1.56. The second-order valence-corrected chi connectivity index (χ2v) is 3.19. The van der Waals surface area contributed by atoms with Gasteiger partial charge in [0.25, 0.3) is 0 Å². The zero-order valence-corrected chi connectivity index (χ0v) is 7.93. The van der Waals surface area contributed by atoms with Crippen molar-refractivity contribution in [2.45, 2.75) is 25.6 Å². The summed E-state index contributed by atoms with van der Waals surface area (Å²) < 4.78 is 10.2.